The molecule has 0 atom stereocenters. The molecule has 0 bridgehead atoms. The lowest BCUT2D eigenvalue weighted by Gasteiger charge is -2.26. The van der Waals surface area contributed by atoms with Gasteiger partial charge in [0.1, 0.15) is 11.3 Å². The first kappa shape index (κ1) is 28.5. The maximum atomic E-state index is 11.7. The Hall–Kier alpha value is -3.02. The maximum absolute atomic E-state index is 11.7. The molecule has 4 aromatic carbocycles. The van der Waals surface area contributed by atoms with Gasteiger partial charge in [-0.25, -0.2) is 0 Å². The van der Waals surface area contributed by atoms with Crippen LogP contribution in [0.1, 0.15) is 35.1 Å². The maximum Gasteiger partial charge on any atom is 0.318 e. The van der Waals surface area contributed by atoms with Gasteiger partial charge in [-0.2, -0.15) is 0 Å². The largest absolute Gasteiger partial charge is 0.481 e. The molecule has 0 spiro atoms. The van der Waals surface area contributed by atoms with Crippen LogP contribution in [0.4, 0.5) is 0 Å². The van der Waals surface area contributed by atoms with Gasteiger partial charge in [-0.15, -0.1) is 0 Å². The van der Waals surface area contributed by atoms with Crippen molar-refractivity contribution in [3.8, 4) is 0 Å². The highest BCUT2D eigenvalue weighted by atomic mass is 35.5. The number of aliphatic carboxylic acids is 2. The van der Waals surface area contributed by atoms with Gasteiger partial charge in [-0.3, -0.25) is 9.59 Å². The van der Waals surface area contributed by atoms with Crippen molar-refractivity contribution in [2.75, 3.05) is 0 Å². The fourth-order valence-electron chi connectivity index (χ4n) is 3.77. The number of benzene rings is 4. The molecule has 4 rings (SSSR count). The Balaban J connectivity index is 0.000000206. The van der Waals surface area contributed by atoms with Crippen LogP contribution in [0.3, 0.4) is 0 Å². The molecule has 0 saturated carbocycles. The van der Waals surface area contributed by atoms with Gasteiger partial charge in [0.05, 0.1) is 0 Å². The standard InChI is InChI=1S/C15H12Cl2O2.C14H10Cl2O2/c1-15(14(18)19,10-2-6-12(16)7-3-10)11-4-8-13(17)9-5-11;15-11-5-1-9(2-6-11)13(14(17)18)10-3-7-12(16)8-4-10/h2-9H,1H3,(H,18,19);1-8,13H,(H,17,18). The normalized spacial score (nSPS) is 11.0. The van der Waals surface area contributed by atoms with E-state index in [2.05, 4.69) is 0 Å². The van der Waals surface area contributed by atoms with Gasteiger partial charge in [-0.1, -0.05) is 94.9 Å². The molecule has 0 aliphatic rings. The molecule has 0 fully saturated rings. The molecule has 0 amide bonds. The van der Waals surface area contributed by atoms with E-state index in [4.69, 9.17) is 46.4 Å². The molecule has 0 aliphatic heterocycles. The van der Waals surface area contributed by atoms with Crippen LogP contribution >= 0.6 is 46.4 Å². The van der Waals surface area contributed by atoms with Crippen LogP contribution in [-0.2, 0) is 15.0 Å². The second kappa shape index (κ2) is 12.5. The van der Waals surface area contributed by atoms with Crippen molar-refractivity contribution >= 4 is 58.3 Å². The van der Waals surface area contributed by atoms with Gasteiger partial charge in [0.15, 0.2) is 0 Å². The van der Waals surface area contributed by atoms with Crippen LogP contribution < -0.4 is 0 Å². The average molecular weight is 576 g/mol. The summed E-state index contributed by atoms with van der Waals surface area (Å²) in [6.07, 6.45) is 0. The molecular formula is C29H22Cl4O4. The van der Waals surface area contributed by atoms with E-state index < -0.39 is 23.3 Å². The van der Waals surface area contributed by atoms with Crippen molar-refractivity contribution in [3.05, 3.63) is 139 Å². The van der Waals surface area contributed by atoms with Gasteiger partial charge in [0, 0.05) is 20.1 Å². The number of hydrogen-bond acceptors (Lipinski definition) is 2. The number of carboxylic acids is 2. The summed E-state index contributed by atoms with van der Waals surface area (Å²) in [5, 5.41) is 21.3. The second-order valence-electron chi connectivity index (χ2n) is 8.32. The van der Waals surface area contributed by atoms with Crippen LogP contribution in [0.5, 0.6) is 0 Å². The number of rotatable bonds is 6. The van der Waals surface area contributed by atoms with Crippen molar-refractivity contribution in [2.45, 2.75) is 18.3 Å². The Morgan fingerprint density at radius 1 is 0.568 bits per heavy atom. The monoisotopic (exact) mass is 574 g/mol. The Labute approximate surface area is 235 Å². The van der Waals surface area contributed by atoms with E-state index in [1.165, 1.54) is 0 Å². The van der Waals surface area contributed by atoms with E-state index in [0.29, 0.717) is 42.3 Å². The predicted octanol–water partition coefficient (Wildman–Crippen LogP) is 8.59. The van der Waals surface area contributed by atoms with Crippen molar-refractivity contribution < 1.29 is 19.8 Å². The van der Waals surface area contributed by atoms with E-state index in [0.717, 1.165) is 0 Å². The lowest BCUT2D eigenvalue weighted by Crippen LogP contribution is -2.33. The fraction of sp³-hybridized carbons (Fsp3) is 0.103. The molecular weight excluding hydrogens is 554 g/mol. The zero-order chi connectivity index (χ0) is 27.2. The highest BCUT2D eigenvalue weighted by molar-refractivity contribution is 6.31. The first-order chi connectivity index (χ1) is 17.5. The Morgan fingerprint density at radius 3 is 1.08 bits per heavy atom. The van der Waals surface area contributed by atoms with Gasteiger partial charge < -0.3 is 10.2 Å². The first-order valence-electron chi connectivity index (χ1n) is 11.0. The quantitative estimate of drug-likeness (QED) is 0.241. The molecule has 190 valence electrons. The van der Waals surface area contributed by atoms with E-state index in [1.807, 2.05) is 0 Å². The van der Waals surface area contributed by atoms with Crippen LogP contribution in [0, 0.1) is 0 Å². The van der Waals surface area contributed by atoms with Crippen LogP contribution in [0.15, 0.2) is 97.1 Å². The summed E-state index contributed by atoms with van der Waals surface area (Å²) in [5.74, 6) is -2.53. The molecule has 8 heteroatoms. The summed E-state index contributed by atoms with van der Waals surface area (Å²) in [6.45, 7) is 1.67. The third kappa shape index (κ3) is 7.06. The lowest BCUT2D eigenvalue weighted by molar-refractivity contribution is -0.141. The highest BCUT2D eigenvalue weighted by Gasteiger charge is 2.37. The summed E-state index contributed by atoms with van der Waals surface area (Å²) < 4.78 is 0. The minimum atomic E-state index is -1.13. The molecule has 4 nitrogen and oxygen atoms in total. The average Bonchev–Trinajstić information content (AvgIpc) is 2.87. The van der Waals surface area contributed by atoms with Gasteiger partial charge >= 0.3 is 11.9 Å². The molecule has 0 aromatic heterocycles. The van der Waals surface area contributed by atoms with E-state index in [9.17, 15) is 19.8 Å². The van der Waals surface area contributed by atoms with Crippen LogP contribution in [0.2, 0.25) is 20.1 Å². The minimum absolute atomic E-state index is 0.576. The molecule has 4 aromatic rings. The number of carbonyl (C=O) groups is 2. The molecule has 0 saturated heterocycles. The SMILES string of the molecule is CC(C(=O)O)(c1ccc(Cl)cc1)c1ccc(Cl)cc1.O=C(O)C(c1ccc(Cl)cc1)c1ccc(Cl)cc1. The highest BCUT2D eigenvalue weighted by Crippen LogP contribution is 2.33. The van der Waals surface area contributed by atoms with Crippen molar-refractivity contribution in [1.29, 1.82) is 0 Å². The Morgan fingerprint density at radius 2 is 0.838 bits per heavy atom. The molecule has 2 N–H and O–H groups in total. The predicted molar refractivity (Wildman–Crippen MR) is 149 cm³/mol. The molecule has 37 heavy (non-hydrogen) atoms. The summed E-state index contributed by atoms with van der Waals surface area (Å²) in [7, 11) is 0. The van der Waals surface area contributed by atoms with E-state index in [-0.39, 0.29) is 0 Å². The topological polar surface area (TPSA) is 74.6 Å². The number of carboxylic acid groups (broad SMARTS) is 2. The lowest BCUT2D eigenvalue weighted by atomic mass is 9.76. The van der Waals surface area contributed by atoms with Crippen LogP contribution in [0.25, 0.3) is 0 Å². The second-order valence-corrected chi connectivity index (χ2v) is 10.1. The van der Waals surface area contributed by atoms with E-state index in [1.54, 1.807) is 104 Å². The summed E-state index contributed by atoms with van der Waals surface area (Å²) in [6, 6.07) is 27.3. The Bertz CT molecular complexity index is 1260. The molecule has 0 aliphatic carbocycles. The summed E-state index contributed by atoms with van der Waals surface area (Å²) >= 11 is 23.3. The zero-order valence-electron chi connectivity index (χ0n) is 19.5. The molecule has 0 radical (unpaired) electrons. The number of halogens is 4. The van der Waals surface area contributed by atoms with E-state index >= 15 is 0 Å². The first-order valence-corrected chi connectivity index (χ1v) is 12.5. The van der Waals surface area contributed by atoms with Crippen molar-refractivity contribution in [1.82, 2.24) is 0 Å². The third-order valence-corrected chi connectivity index (χ3v) is 6.93. The minimum Gasteiger partial charge on any atom is -0.481 e. The number of hydrogen-bond donors (Lipinski definition) is 2. The smallest absolute Gasteiger partial charge is 0.318 e. The summed E-state index contributed by atoms with van der Waals surface area (Å²) in [5.41, 5.74) is 1.59. The van der Waals surface area contributed by atoms with Gasteiger partial charge in [0.25, 0.3) is 0 Å². The molecule has 0 unspecified atom stereocenters. The van der Waals surface area contributed by atoms with Gasteiger partial charge in [0.2, 0.25) is 0 Å². The van der Waals surface area contributed by atoms with Crippen molar-refractivity contribution in [3.63, 3.8) is 0 Å². The molecule has 0 heterocycles. The third-order valence-electron chi connectivity index (χ3n) is 5.92. The van der Waals surface area contributed by atoms with Gasteiger partial charge in [-0.05, 0) is 77.7 Å². The fourth-order valence-corrected chi connectivity index (χ4v) is 4.27. The van der Waals surface area contributed by atoms with Crippen molar-refractivity contribution in [2.24, 2.45) is 0 Å². The zero-order valence-corrected chi connectivity index (χ0v) is 22.6. The Kier molecular flexibility index (Phi) is 9.63. The van der Waals surface area contributed by atoms with Crippen LogP contribution in [-0.4, -0.2) is 22.2 Å². The summed E-state index contributed by atoms with van der Waals surface area (Å²) in [4.78, 5) is 23.1.